The third-order valence-corrected chi connectivity index (χ3v) is 6.20. The number of halogens is 2. The lowest BCUT2D eigenvalue weighted by Crippen LogP contribution is -2.43. The van der Waals surface area contributed by atoms with Crippen molar-refractivity contribution in [2.75, 3.05) is 20.1 Å². The molecule has 1 aromatic carbocycles. The Morgan fingerprint density at radius 3 is 2.50 bits per heavy atom. The molecule has 4 nitrogen and oxygen atoms in total. The normalized spacial score (nSPS) is 14.2. The van der Waals surface area contributed by atoms with Crippen LogP contribution in [0.5, 0.6) is 0 Å². The minimum Gasteiger partial charge on any atom is -0.339 e. The molecule has 2 heterocycles. The molecule has 0 spiro atoms. The molecule has 3 rings (SSSR count). The van der Waals surface area contributed by atoms with Gasteiger partial charge in [0.1, 0.15) is 0 Å². The van der Waals surface area contributed by atoms with Crippen LogP contribution in [0.3, 0.4) is 0 Å². The highest BCUT2D eigenvalue weighted by Crippen LogP contribution is 2.24. The zero-order chi connectivity index (χ0) is 16.9. The maximum absolute atomic E-state index is 12.6. The van der Waals surface area contributed by atoms with E-state index in [0.717, 1.165) is 47.9 Å². The van der Waals surface area contributed by atoms with Crippen molar-refractivity contribution >= 4 is 53.8 Å². The molecule has 1 aliphatic rings. The first kappa shape index (κ1) is 23.2. The fourth-order valence-corrected chi connectivity index (χ4v) is 4.40. The Bertz CT molecular complexity index is 688. The van der Waals surface area contributed by atoms with Gasteiger partial charge in [-0.3, -0.25) is 4.79 Å². The SMILES string of the molecule is Cc1nc(CSc2ccc(C(=O)N(C)C3CCNCC3)cc2)cs1.Cl.Cl. The highest BCUT2D eigenvalue weighted by Gasteiger charge is 2.22. The Hall–Kier alpha value is -0.790. The van der Waals surface area contributed by atoms with Gasteiger partial charge in [-0.25, -0.2) is 4.98 Å². The van der Waals surface area contributed by atoms with Crippen molar-refractivity contribution in [2.24, 2.45) is 0 Å². The van der Waals surface area contributed by atoms with Crippen molar-refractivity contribution in [1.29, 1.82) is 0 Å². The second-order valence-electron chi connectivity index (χ2n) is 6.07. The quantitative estimate of drug-likeness (QED) is 0.708. The number of thioether (sulfide) groups is 1. The standard InChI is InChI=1S/C18H23N3OS2.2ClH/c1-13-20-15(11-23-13)12-24-17-5-3-14(4-6-17)18(22)21(2)16-7-9-19-10-8-16;;/h3-6,11,16,19H,7-10,12H2,1-2H3;2*1H. The van der Waals surface area contributed by atoms with Crippen LogP contribution in [0, 0.1) is 6.92 Å². The van der Waals surface area contributed by atoms with Crippen LogP contribution in [0.2, 0.25) is 0 Å². The number of amides is 1. The Morgan fingerprint density at radius 2 is 1.92 bits per heavy atom. The van der Waals surface area contributed by atoms with E-state index < -0.39 is 0 Å². The summed E-state index contributed by atoms with van der Waals surface area (Å²) in [5.41, 5.74) is 1.89. The highest BCUT2D eigenvalue weighted by atomic mass is 35.5. The average molecular weight is 434 g/mol. The van der Waals surface area contributed by atoms with Gasteiger partial charge in [0.15, 0.2) is 0 Å². The van der Waals surface area contributed by atoms with Crippen LogP contribution in [0.4, 0.5) is 0 Å². The monoisotopic (exact) mass is 433 g/mol. The van der Waals surface area contributed by atoms with E-state index >= 15 is 0 Å². The second-order valence-corrected chi connectivity index (χ2v) is 8.18. The zero-order valence-electron chi connectivity index (χ0n) is 14.9. The largest absolute Gasteiger partial charge is 0.339 e. The molecule has 0 bridgehead atoms. The number of benzene rings is 1. The highest BCUT2D eigenvalue weighted by molar-refractivity contribution is 7.98. The van der Waals surface area contributed by atoms with Crippen molar-refractivity contribution in [2.45, 2.75) is 36.5 Å². The van der Waals surface area contributed by atoms with Gasteiger partial charge in [-0.1, -0.05) is 0 Å². The molecular formula is C18H25Cl2N3OS2. The first-order chi connectivity index (χ1) is 11.6. The molecular weight excluding hydrogens is 409 g/mol. The second kappa shape index (κ2) is 11.1. The smallest absolute Gasteiger partial charge is 0.253 e. The molecule has 0 radical (unpaired) electrons. The van der Waals surface area contributed by atoms with Crippen LogP contribution in [0.1, 0.15) is 33.9 Å². The van der Waals surface area contributed by atoms with Gasteiger partial charge in [0.2, 0.25) is 0 Å². The van der Waals surface area contributed by atoms with Crippen LogP contribution in [-0.2, 0) is 5.75 Å². The number of rotatable bonds is 5. The molecule has 0 saturated carbocycles. The van der Waals surface area contributed by atoms with Gasteiger partial charge in [0.05, 0.1) is 10.7 Å². The molecule has 2 aromatic rings. The number of aromatic nitrogens is 1. The van der Waals surface area contributed by atoms with E-state index in [1.54, 1.807) is 23.1 Å². The molecule has 1 amide bonds. The van der Waals surface area contributed by atoms with Gasteiger partial charge in [0, 0.05) is 34.7 Å². The maximum atomic E-state index is 12.6. The summed E-state index contributed by atoms with van der Waals surface area (Å²) in [4.78, 5) is 20.2. The average Bonchev–Trinajstić information content (AvgIpc) is 3.05. The Balaban J connectivity index is 0.00000169. The summed E-state index contributed by atoms with van der Waals surface area (Å²) in [5.74, 6) is 0.987. The molecule has 1 aliphatic heterocycles. The van der Waals surface area contributed by atoms with Crippen molar-refractivity contribution in [3.63, 3.8) is 0 Å². The number of hydrogen-bond acceptors (Lipinski definition) is 5. The van der Waals surface area contributed by atoms with E-state index in [0.29, 0.717) is 6.04 Å². The van der Waals surface area contributed by atoms with Crippen LogP contribution >= 0.6 is 47.9 Å². The van der Waals surface area contributed by atoms with Crippen molar-refractivity contribution in [1.82, 2.24) is 15.2 Å². The molecule has 0 atom stereocenters. The number of hydrogen-bond donors (Lipinski definition) is 1. The third kappa shape index (κ3) is 6.13. The van der Waals surface area contributed by atoms with E-state index in [9.17, 15) is 4.79 Å². The maximum Gasteiger partial charge on any atom is 0.253 e. The molecule has 0 unspecified atom stereocenters. The Labute approximate surface area is 176 Å². The van der Waals surface area contributed by atoms with Crippen LogP contribution in [-0.4, -0.2) is 42.0 Å². The van der Waals surface area contributed by atoms with Gasteiger partial charge in [-0.2, -0.15) is 0 Å². The number of piperidine rings is 1. The van der Waals surface area contributed by atoms with Gasteiger partial charge < -0.3 is 10.2 Å². The Morgan fingerprint density at radius 1 is 1.27 bits per heavy atom. The summed E-state index contributed by atoms with van der Waals surface area (Å²) in [6.45, 7) is 4.01. The zero-order valence-corrected chi connectivity index (χ0v) is 18.2. The van der Waals surface area contributed by atoms with Crippen LogP contribution < -0.4 is 5.32 Å². The van der Waals surface area contributed by atoms with Crippen molar-refractivity contribution in [3.8, 4) is 0 Å². The van der Waals surface area contributed by atoms with Gasteiger partial charge in [0.25, 0.3) is 5.91 Å². The molecule has 0 aliphatic carbocycles. The topological polar surface area (TPSA) is 45.2 Å². The number of aryl methyl sites for hydroxylation is 1. The minimum absolute atomic E-state index is 0. The van der Waals surface area contributed by atoms with E-state index in [-0.39, 0.29) is 30.7 Å². The van der Waals surface area contributed by atoms with Gasteiger partial charge >= 0.3 is 0 Å². The molecule has 1 fully saturated rings. The first-order valence-electron chi connectivity index (χ1n) is 8.25. The molecule has 8 heteroatoms. The lowest BCUT2D eigenvalue weighted by molar-refractivity contribution is 0.0703. The van der Waals surface area contributed by atoms with Crippen LogP contribution in [0.15, 0.2) is 34.5 Å². The van der Waals surface area contributed by atoms with E-state index in [1.165, 1.54) is 4.90 Å². The summed E-state index contributed by atoms with van der Waals surface area (Å²) in [7, 11) is 1.92. The third-order valence-electron chi connectivity index (χ3n) is 4.33. The Kier molecular flexibility index (Phi) is 9.97. The van der Waals surface area contributed by atoms with Crippen molar-refractivity contribution < 1.29 is 4.79 Å². The summed E-state index contributed by atoms with van der Waals surface area (Å²) in [6, 6.07) is 8.30. The number of nitrogens with zero attached hydrogens (tertiary/aromatic N) is 2. The number of carbonyl (C=O) groups is 1. The summed E-state index contributed by atoms with van der Waals surface area (Å²) >= 11 is 3.44. The predicted molar refractivity (Wildman–Crippen MR) is 115 cm³/mol. The fraction of sp³-hybridized carbons (Fsp3) is 0.444. The van der Waals surface area contributed by atoms with Gasteiger partial charge in [-0.05, 0) is 57.1 Å². The van der Waals surface area contributed by atoms with E-state index in [1.807, 2.05) is 43.1 Å². The summed E-state index contributed by atoms with van der Waals surface area (Å²) in [5, 5.41) is 6.55. The number of thiazole rings is 1. The van der Waals surface area contributed by atoms with E-state index in [4.69, 9.17) is 0 Å². The number of nitrogens with one attached hydrogen (secondary N) is 1. The lowest BCUT2D eigenvalue weighted by atomic mass is 10.0. The molecule has 1 aromatic heterocycles. The molecule has 26 heavy (non-hydrogen) atoms. The first-order valence-corrected chi connectivity index (χ1v) is 10.1. The van der Waals surface area contributed by atoms with Crippen molar-refractivity contribution in [3.05, 3.63) is 45.9 Å². The minimum atomic E-state index is 0. The molecule has 1 N–H and O–H groups in total. The fourth-order valence-electron chi connectivity index (χ4n) is 2.89. The summed E-state index contributed by atoms with van der Waals surface area (Å²) < 4.78 is 0. The van der Waals surface area contributed by atoms with Crippen LogP contribution in [0.25, 0.3) is 0 Å². The number of carbonyl (C=O) groups excluding carboxylic acids is 1. The van der Waals surface area contributed by atoms with Gasteiger partial charge in [-0.15, -0.1) is 47.9 Å². The summed E-state index contributed by atoms with van der Waals surface area (Å²) in [6.07, 6.45) is 2.06. The lowest BCUT2D eigenvalue weighted by Gasteiger charge is -2.31. The predicted octanol–water partition coefficient (Wildman–Crippen LogP) is 4.41. The molecule has 144 valence electrons. The molecule has 1 saturated heterocycles. The van der Waals surface area contributed by atoms with E-state index in [2.05, 4.69) is 15.7 Å².